The Kier molecular flexibility index (Phi) is 4.26. The van der Waals surface area contributed by atoms with E-state index in [1.165, 1.54) is 0 Å². The summed E-state index contributed by atoms with van der Waals surface area (Å²) in [6.07, 6.45) is 2.46. The number of para-hydroxylation sites is 1. The van der Waals surface area contributed by atoms with E-state index in [4.69, 9.17) is 0 Å². The Hall–Kier alpha value is -2.37. The number of aromatic nitrogens is 2. The molecule has 2 rings (SSSR count). The lowest BCUT2D eigenvalue weighted by Crippen LogP contribution is -2.34. The number of benzene rings is 1. The molecule has 0 bridgehead atoms. The number of nitrogens with one attached hydrogen (secondary N) is 2. The van der Waals surface area contributed by atoms with Crippen LogP contribution in [0, 0.1) is 5.41 Å². The molecule has 6 nitrogen and oxygen atoms in total. The molecule has 0 atom stereocenters. The standard InChI is InChI=1S/C15H19N3O3/c1-3-15(4-2,14(20)21)8-12(19)17-11-7-5-6-10-9-16-18-13(10)11/h5-7,9H,3-4,8H2,1-2H3,(H,16,18)(H,17,19)(H,20,21). The minimum atomic E-state index is -1.01. The number of aromatic amines is 1. The van der Waals surface area contributed by atoms with Gasteiger partial charge in [0.2, 0.25) is 5.91 Å². The number of H-pyrrole nitrogens is 1. The number of rotatable bonds is 6. The smallest absolute Gasteiger partial charge is 0.310 e. The van der Waals surface area contributed by atoms with Gasteiger partial charge in [0.1, 0.15) is 0 Å². The summed E-state index contributed by atoms with van der Waals surface area (Å²) in [4.78, 5) is 23.7. The van der Waals surface area contributed by atoms with E-state index in [0.29, 0.717) is 18.5 Å². The van der Waals surface area contributed by atoms with E-state index in [-0.39, 0.29) is 12.3 Å². The molecule has 0 saturated heterocycles. The van der Waals surface area contributed by atoms with Crippen LogP contribution in [0.25, 0.3) is 10.9 Å². The highest BCUT2D eigenvalue weighted by Crippen LogP contribution is 2.32. The fraction of sp³-hybridized carbons (Fsp3) is 0.400. The van der Waals surface area contributed by atoms with Crippen molar-refractivity contribution < 1.29 is 14.7 Å². The van der Waals surface area contributed by atoms with Gasteiger partial charge in [-0.3, -0.25) is 14.7 Å². The Morgan fingerprint density at radius 2 is 2.05 bits per heavy atom. The number of carbonyl (C=O) groups excluding carboxylic acids is 1. The lowest BCUT2D eigenvalue weighted by molar-refractivity contribution is -0.151. The topological polar surface area (TPSA) is 95.1 Å². The summed E-state index contributed by atoms with van der Waals surface area (Å²) in [5.41, 5.74) is 0.340. The van der Waals surface area contributed by atoms with Crippen molar-refractivity contribution in [1.29, 1.82) is 0 Å². The van der Waals surface area contributed by atoms with Crippen LogP contribution in [0.1, 0.15) is 33.1 Å². The van der Waals surface area contributed by atoms with Gasteiger partial charge < -0.3 is 10.4 Å². The van der Waals surface area contributed by atoms with Crippen molar-refractivity contribution in [3.05, 3.63) is 24.4 Å². The summed E-state index contributed by atoms with van der Waals surface area (Å²) in [5.74, 6) is -1.23. The molecule has 112 valence electrons. The Bertz CT molecular complexity index is 659. The molecule has 0 fully saturated rings. The quantitative estimate of drug-likeness (QED) is 0.762. The fourth-order valence-corrected chi connectivity index (χ4v) is 2.45. The predicted octanol–water partition coefficient (Wildman–Crippen LogP) is 2.78. The first-order valence-corrected chi connectivity index (χ1v) is 6.97. The molecule has 0 unspecified atom stereocenters. The van der Waals surface area contributed by atoms with Gasteiger partial charge >= 0.3 is 5.97 Å². The number of fused-ring (bicyclic) bond motifs is 1. The third-order valence-electron chi connectivity index (χ3n) is 4.06. The number of hydrogen-bond acceptors (Lipinski definition) is 3. The van der Waals surface area contributed by atoms with E-state index in [0.717, 1.165) is 10.9 Å². The van der Waals surface area contributed by atoms with E-state index < -0.39 is 11.4 Å². The Morgan fingerprint density at radius 1 is 1.33 bits per heavy atom. The van der Waals surface area contributed by atoms with E-state index in [2.05, 4.69) is 15.5 Å². The van der Waals surface area contributed by atoms with E-state index in [1.807, 2.05) is 12.1 Å². The molecule has 1 aromatic heterocycles. The second kappa shape index (κ2) is 5.95. The van der Waals surface area contributed by atoms with Crippen LogP contribution < -0.4 is 5.32 Å². The molecule has 21 heavy (non-hydrogen) atoms. The van der Waals surface area contributed by atoms with Gasteiger partial charge in [-0.15, -0.1) is 0 Å². The number of carboxylic acid groups (broad SMARTS) is 1. The summed E-state index contributed by atoms with van der Waals surface area (Å²) in [6, 6.07) is 5.46. The SMILES string of the molecule is CCC(CC)(CC(=O)Nc1cccc2cn[nH]c12)C(=O)O. The minimum Gasteiger partial charge on any atom is -0.481 e. The predicted molar refractivity (Wildman–Crippen MR) is 80.0 cm³/mol. The molecule has 0 aliphatic carbocycles. The molecule has 2 aromatic rings. The van der Waals surface area contributed by atoms with Crippen LogP contribution >= 0.6 is 0 Å². The summed E-state index contributed by atoms with van der Waals surface area (Å²) in [5, 5.41) is 19.8. The van der Waals surface area contributed by atoms with Crippen molar-refractivity contribution >= 4 is 28.5 Å². The summed E-state index contributed by atoms with van der Waals surface area (Å²) < 4.78 is 0. The zero-order valence-electron chi connectivity index (χ0n) is 12.1. The van der Waals surface area contributed by atoms with Gasteiger partial charge in [-0.25, -0.2) is 0 Å². The van der Waals surface area contributed by atoms with Crippen LogP contribution in [0.2, 0.25) is 0 Å². The molecule has 6 heteroatoms. The van der Waals surface area contributed by atoms with E-state index >= 15 is 0 Å². The van der Waals surface area contributed by atoms with Crippen LogP contribution in [0.5, 0.6) is 0 Å². The van der Waals surface area contributed by atoms with Gasteiger partial charge in [-0.1, -0.05) is 26.0 Å². The molecule has 0 radical (unpaired) electrons. The zero-order valence-corrected chi connectivity index (χ0v) is 12.1. The van der Waals surface area contributed by atoms with Gasteiger partial charge in [0, 0.05) is 11.8 Å². The summed E-state index contributed by atoms with van der Waals surface area (Å²) >= 11 is 0. The van der Waals surface area contributed by atoms with Crippen molar-refractivity contribution in [1.82, 2.24) is 10.2 Å². The molecule has 0 aliphatic rings. The first-order valence-electron chi connectivity index (χ1n) is 6.97. The average molecular weight is 289 g/mol. The first-order chi connectivity index (χ1) is 10.0. The Balaban J connectivity index is 2.18. The van der Waals surface area contributed by atoms with Gasteiger partial charge in [0.15, 0.2) is 0 Å². The van der Waals surface area contributed by atoms with Crippen LogP contribution in [-0.4, -0.2) is 27.2 Å². The maximum absolute atomic E-state index is 12.2. The van der Waals surface area contributed by atoms with Gasteiger partial charge in [0.05, 0.1) is 22.8 Å². The van der Waals surface area contributed by atoms with Crippen molar-refractivity contribution in [2.24, 2.45) is 5.41 Å². The van der Waals surface area contributed by atoms with Crippen molar-refractivity contribution in [3.63, 3.8) is 0 Å². The maximum Gasteiger partial charge on any atom is 0.310 e. The fourth-order valence-electron chi connectivity index (χ4n) is 2.45. The third kappa shape index (κ3) is 2.89. The van der Waals surface area contributed by atoms with Crippen molar-refractivity contribution in [2.75, 3.05) is 5.32 Å². The molecule has 1 aromatic carbocycles. The molecular formula is C15H19N3O3. The number of anilines is 1. The normalized spacial score (nSPS) is 11.5. The molecule has 0 aliphatic heterocycles. The lowest BCUT2D eigenvalue weighted by Gasteiger charge is -2.25. The van der Waals surface area contributed by atoms with Crippen LogP contribution in [-0.2, 0) is 9.59 Å². The molecule has 0 saturated carbocycles. The maximum atomic E-state index is 12.2. The zero-order chi connectivity index (χ0) is 15.5. The minimum absolute atomic E-state index is 0.0418. The molecular weight excluding hydrogens is 270 g/mol. The highest BCUT2D eigenvalue weighted by molar-refractivity contribution is 6.01. The Labute approximate surface area is 122 Å². The van der Waals surface area contributed by atoms with E-state index in [9.17, 15) is 14.7 Å². The second-order valence-corrected chi connectivity index (χ2v) is 5.16. The van der Waals surface area contributed by atoms with Crippen LogP contribution in [0.4, 0.5) is 5.69 Å². The monoisotopic (exact) mass is 289 g/mol. The molecule has 1 heterocycles. The second-order valence-electron chi connectivity index (χ2n) is 5.16. The third-order valence-corrected chi connectivity index (χ3v) is 4.06. The van der Waals surface area contributed by atoms with Gasteiger partial charge in [-0.05, 0) is 18.9 Å². The van der Waals surface area contributed by atoms with Gasteiger partial charge in [0.25, 0.3) is 0 Å². The van der Waals surface area contributed by atoms with Crippen molar-refractivity contribution in [2.45, 2.75) is 33.1 Å². The highest BCUT2D eigenvalue weighted by Gasteiger charge is 2.37. The van der Waals surface area contributed by atoms with Crippen molar-refractivity contribution in [3.8, 4) is 0 Å². The largest absolute Gasteiger partial charge is 0.481 e. The van der Waals surface area contributed by atoms with Crippen LogP contribution in [0.3, 0.4) is 0 Å². The molecule has 0 spiro atoms. The number of nitrogens with zero attached hydrogens (tertiary/aromatic N) is 1. The lowest BCUT2D eigenvalue weighted by atomic mass is 9.79. The molecule has 3 N–H and O–H groups in total. The first kappa shape index (κ1) is 15.0. The van der Waals surface area contributed by atoms with Gasteiger partial charge in [-0.2, -0.15) is 5.10 Å². The number of hydrogen-bond donors (Lipinski definition) is 3. The number of amides is 1. The highest BCUT2D eigenvalue weighted by atomic mass is 16.4. The van der Waals surface area contributed by atoms with Crippen LogP contribution in [0.15, 0.2) is 24.4 Å². The Morgan fingerprint density at radius 3 is 2.67 bits per heavy atom. The average Bonchev–Trinajstić information content (AvgIpc) is 2.94. The van der Waals surface area contributed by atoms with E-state index in [1.54, 1.807) is 26.1 Å². The molecule has 1 amide bonds. The number of aliphatic carboxylic acids is 1. The summed E-state index contributed by atoms with van der Waals surface area (Å²) in [7, 11) is 0. The number of carbonyl (C=O) groups is 2. The summed E-state index contributed by atoms with van der Waals surface area (Å²) in [6.45, 7) is 3.58. The number of carboxylic acids is 1.